The molecule has 0 bridgehead atoms. The molecule has 78 valence electrons. The number of rotatable bonds is 1. The Morgan fingerprint density at radius 2 is 2.33 bits per heavy atom. The van der Waals surface area contributed by atoms with Crippen LogP contribution in [0, 0.1) is 0 Å². The first-order valence-electron chi connectivity index (χ1n) is 5.01. The third-order valence-electron chi connectivity index (χ3n) is 2.78. The van der Waals surface area contributed by atoms with Crippen LogP contribution in [-0.4, -0.2) is 33.0 Å². The smallest absolute Gasteiger partial charge is 0.163 e. The van der Waals surface area contributed by atoms with Gasteiger partial charge in [-0.15, -0.1) is 0 Å². The summed E-state index contributed by atoms with van der Waals surface area (Å²) in [6, 6.07) is 0. The van der Waals surface area contributed by atoms with Crippen LogP contribution in [0.3, 0.4) is 0 Å². The maximum atomic E-state index is 5.72. The SMILES string of the molecule is Nc1ncnc2[nH]c(C3CCNC3)nc12. The second kappa shape index (κ2) is 3.16. The van der Waals surface area contributed by atoms with Gasteiger partial charge in [0.25, 0.3) is 0 Å². The van der Waals surface area contributed by atoms with Crippen LogP contribution in [0.4, 0.5) is 5.82 Å². The normalized spacial score (nSPS) is 21.2. The molecule has 0 aromatic carbocycles. The summed E-state index contributed by atoms with van der Waals surface area (Å²) in [6.07, 6.45) is 2.56. The molecule has 1 atom stereocenters. The number of nitrogens with two attached hydrogens (primary N) is 1. The lowest BCUT2D eigenvalue weighted by molar-refractivity contribution is 0.717. The van der Waals surface area contributed by atoms with Crippen molar-refractivity contribution in [3.8, 4) is 0 Å². The highest BCUT2D eigenvalue weighted by Crippen LogP contribution is 2.22. The quantitative estimate of drug-likeness (QED) is 0.608. The predicted molar refractivity (Wildman–Crippen MR) is 56.3 cm³/mol. The predicted octanol–water partition coefficient (Wildman–Crippen LogP) is 0.0120. The molecule has 1 fully saturated rings. The third-order valence-corrected chi connectivity index (χ3v) is 2.78. The summed E-state index contributed by atoms with van der Waals surface area (Å²) < 4.78 is 0. The van der Waals surface area contributed by atoms with E-state index >= 15 is 0 Å². The number of H-pyrrole nitrogens is 1. The van der Waals surface area contributed by atoms with Crippen LogP contribution in [0.25, 0.3) is 11.2 Å². The first-order valence-corrected chi connectivity index (χ1v) is 5.01. The van der Waals surface area contributed by atoms with Gasteiger partial charge in [0.1, 0.15) is 17.7 Å². The number of nitrogens with zero attached hydrogens (tertiary/aromatic N) is 3. The lowest BCUT2D eigenvalue weighted by atomic mass is 10.1. The molecule has 0 spiro atoms. The number of hydrogen-bond donors (Lipinski definition) is 3. The summed E-state index contributed by atoms with van der Waals surface area (Å²) >= 11 is 0. The third kappa shape index (κ3) is 1.33. The summed E-state index contributed by atoms with van der Waals surface area (Å²) in [6.45, 7) is 2.01. The second-order valence-electron chi connectivity index (χ2n) is 3.77. The Kier molecular flexibility index (Phi) is 1.81. The van der Waals surface area contributed by atoms with Crippen LogP contribution in [0.5, 0.6) is 0 Å². The minimum Gasteiger partial charge on any atom is -0.382 e. The largest absolute Gasteiger partial charge is 0.382 e. The van der Waals surface area contributed by atoms with E-state index in [-0.39, 0.29) is 0 Å². The van der Waals surface area contributed by atoms with E-state index in [0.29, 0.717) is 17.3 Å². The van der Waals surface area contributed by atoms with Crippen molar-refractivity contribution in [2.45, 2.75) is 12.3 Å². The van der Waals surface area contributed by atoms with Crippen molar-refractivity contribution in [3.63, 3.8) is 0 Å². The molecule has 0 amide bonds. The van der Waals surface area contributed by atoms with Crippen molar-refractivity contribution in [1.82, 2.24) is 25.3 Å². The van der Waals surface area contributed by atoms with Crippen molar-refractivity contribution >= 4 is 17.0 Å². The Hall–Kier alpha value is -1.69. The van der Waals surface area contributed by atoms with E-state index in [0.717, 1.165) is 31.0 Å². The Morgan fingerprint density at radius 3 is 3.07 bits per heavy atom. The second-order valence-corrected chi connectivity index (χ2v) is 3.77. The Morgan fingerprint density at radius 1 is 1.40 bits per heavy atom. The molecular weight excluding hydrogens is 192 g/mol. The van der Waals surface area contributed by atoms with Gasteiger partial charge in [-0.3, -0.25) is 0 Å². The molecule has 6 heteroatoms. The average molecular weight is 204 g/mol. The van der Waals surface area contributed by atoms with Gasteiger partial charge in [0, 0.05) is 12.5 Å². The molecule has 2 aromatic heterocycles. The molecule has 2 aromatic rings. The molecule has 3 rings (SSSR count). The van der Waals surface area contributed by atoms with Crippen LogP contribution < -0.4 is 11.1 Å². The summed E-state index contributed by atoms with van der Waals surface area (Å²) in [5.41, 5.74) is 7.13. The highest BCUT2D eigenvalue weighted by atomic mass is 15.1. The van der Waals surface area contributed by atoms with Gasteiger partial charge in [0.2, 0.25) is 0 Å². The zero-order chi connectivity index (χ0) is 10.3. The van der Waals surface area contributed by atoms with Gasteiger partial charge >= 0.3 is 0 Å². The molecule has 1 saturated heterocycles. The van der Waals surface area contributed by atoms with Gasteiger partial charge in [-0.1, -0.05) is 0 Å². The number of imidazole rings is 1. The van der Waals surface area contributed by atoms with Gasteiger partial charge in [-0.2, -0.15) is 0 Å². The molecule has 1 aliphatic heterocycles. The Balaban J connectivity index is 2.09. The minimum atomic E-state index is 0.438. The van der Waals surface area contributed by atoms with E-state index in [4.69, 9.17) is 5.73 Å². The van der Waals surface area contributed by atoms with Crippen LogP contribution in [0.1, 0.15) is 18.2 Å². The Bertz CT molecular complexity index is 484. The van der Waals surface area contributed by atoms with Gasteiger partial charge in [-0.25, -0.2) is 15.0 Å². The monoisotopic (exact) mass is 204 g/mol. The van der Waals surface area contributed by atoms with Crippen molar-refractivity contribution in [3.05, 3.63) is 12.2 Å². The Labute approximate surface area is 86.3 Å². The van der Waals surface area contributed by atoms with Crippen LogP contribution in [0.2, 0.25) is 0 Å². The summed E-state index contributed by atoms with van der Waals surface area (Å²) in [5.74, 6) is 1.84. The van der Waals surface area contributed by atoms with Gasteiger partial charge < -0.3 is 16.0 Å². The van der Waals surface area contributed by atoms with E-state index in [9.17, 15) is 0 Å². The summed E-state index contributed by atoms with van der Waals surface area (Å²) in [5, 5.41) is 3.30. The average Bonchev–Trinajstić information content (AvgIpc) is 2.86. The van der Waals surface area contributed by atoms with E-state index < -0.39 is 0 Å². The van der Waals surface area contributed by atoms with E-state index in [1.54, 1.807) is 0 Å². The number of fused-ring (bicyclic) bond motifs is 1. The maximum absolute atomic E-state index is 5.72. The molecule has 0 radical (unpaired) electrons. The van der Waals surface area contributed by atoms with Crippen LogP contribution >= 0.6 is 0 Å². The molecule has 0 aliphatic carbocycles. The fourth-order valence-electron chi connectivity index (χ4n) is 1.95. The fraction of sp³-hybridized carbons (Fsp3) is 0.444. The van der Waals surface area contributed by atoms with Crippen molar-refractivity contribution < 1.29 is 0 Å². The highest BCUT2D eigenvalue weighted by Gasteiger charge is 2.20. The van der Waals surface area contributed by atoms with E-state index in [1.807, 2.05) is 0 Å². The molecule has 3 heterocycles. The summed E-state index contributed by atoms with van der Waals surface area (Å²) in [4.78, 5) is 15.7. The van der Waals surface area contributed by atoms with Gasteiger partial charge in [-0.05, 0) is 13.0 Å². The summed E-state index contributed by atoms with van der Waals surface area (Å²) in [7, 11) is 0. The number of anilines is 1. The number of hydrogen-bond acceptors (Lipinski definition) is 5. The molecular formula is C9H12N6. The number of nitrogens with one attached hydrogen (secondary N) is 2. The number of aromatic amines is 1. The molecule has 1 aliphatic rings. The topological polar surface area (TPSA) is 92.5 Å². The fourth-order valence-corrected chi connectivity index (χ4v) is 1.95. The van der Waals surface area contributed by atoms with Crippen molar-refractivity contribution in [2.24, 2.45) is 0 Å². The minimum absolute atomic E-state index is 0.438. The number of nitrogen functional groups attached to an aromatic ring is 1. The van der Waals surface area contributed by atoms with Gasteiger partial charge in [0.15, 0.2) is 11.5 Å². The van der Waals surface area contributed by atoms with Crippen LogP contribution in [-0.2, 0) is 0 Å². The molecule has 1 unspecified atom stereocenters. The van der Waals surface area contributed by atoms with E-state index in [2.05, 4.69) is 25.3 Å². The molecule has 15 heavy (non-hydrogen) atoms. The zero-order valence-corrected chi connectivity index (χ0v) is 8.20. The lowest BCUT2D eigenvalue weighted by Gasteiger charge is -2.01. The lowest BCUT2D eigenvalue weighted by Crippen LogP contribution is -2.08. The zero-order valence-electron chi connectivity index (χ0n) is 8.20. The first-order chi connectivity index (χ1) is 7.34. The van der Waals surface area contributed by atoms with Crippen LogP contribution in [0.15, 0.2) is 6.33 Å². The highest BCUT2D eigenvalue weighted by molar-refractivity contribution is 5.81. The first kappa shape index (κ1) is 8.60. The molecule has 4 N–H and O–H groups in total. The maximum Gasteiger partial charge on any atom is 0.163 e. The number of aromatic nitrogens is 4. The van der Waals surface area contributed by atoms with Gasteiger partial charge in [0.05, 0.1) is 0 Å². The van der Waals surface area contributed by atoms with Crippen molar-refractivity contribution in [2.75, 3.05) is 18.8 Å². The van der Waals surface area contributed by atoms with Crippen molar-refractivity contribution in [1.29, 1.82) is 0 Å². The van der Waals surface area contributed by atoms with E-state index in [1.165, 1.54) is 6.33 Å². The molecule has 0 saturated carbocycles. The molecule has 6 nitrogen and oxygen atoms in total. The standard InChI is InChI=1S/C9H12N6/c10-7-6-9(13-4-12-7)15-8(14-6)5-1-2-11-3-5/h4-5,11H,1-3H2,(H3,10,12,13,14,15).